The SMILES string of the molecule is Cc1nnc(CN=C(NCCCN2CCCC2=O)NC2CCOc3ccccc32)n1C. The summed E-state index contributed by atoms with van der Waals surface area (Å²) in [4.78, 5) is 18.5. The number of carbonyl (C=O) groups excluding carboxylic acids is 1. The van der Waals surface area contributed by atoms with Crippen LogP contribution < -0.4 is 15.4 Å². The van der Waals surface area contributed by atoms with Crippen LogP contribution in [0.15, 0.2) is 29.3 Å². The number of aromatic nitrogens is 3. The molecular weight excluding hydrogens is 394 g/mol. The number of aryl methyl sites for hydroxylation is 1. The fraction of sp³-hybridized carbons (Fsp3) is 0.545. The predicted octanol–water partition coefficient (Wildman–Crippen LogP) is 1.70. The standard InChI is InChI=1S/C22H31N7O2/c1-16-26-27-20(28(16)2)15-24-22(23-11-6-13-29-12-5-9-21(29)30)25-18-10-14-31-19-8-4-3-7-17(18)19/h3-4,7-8,18H,5-6,9-15H2,1-2H3,(H2,23,24,25). The lowest BCUT2D eigenvalue weighted by molar-refractivity contribution is -0.127. The predicted molar refractivity (Wildman–Crippen MR) is 118 cm³/mol. The number of hydrogen-bond acceptors (Lipinski definition) is 5. The van der Waals surface area contributed by atoms with Gasteiger partial charge in [0.05, 0.1) is 12.6 Å². The molecule has 1 aromatic heterocycles. The maximum Gasteiger partial charge on any atom is 0.222 e. The van der Waals surface area contributed by atoms with E-state index in [4.69, 9.17) is 9.73 Å². The zero-order valence-electron chi connectivity index (χ0n) is 18.3. The number of likely N-dealkylation sites (tertiary alicyclic amines) is 1. The van der Waals surface area contributed by atoms with Crippen molar-refractivity contribution in [1.82, 2.24) is 30.3 Å². The van der Waals surface area contributed by atoms with Gasteiger partial charge >= 0.3 is 0 Å². The molecular formula is C22H31N7O2. The van der Waals surface area contributed by atoms with Crippen LogP contribution in [0.2, 0.25) is 0 Å². The fourth-order valence-corrected chi connectivity index (χ4v) is 3.97. The number of ether oxygens (including phenoxy) is 1. The average molecular weight is 426 g/mol. The summed E-state index contributed by atoms with van der Waals surface area (Å²) in [6.07, 6.45) is 3.39. The van der Waals surface area contributed by atoms with E-state index in [2.05, 4.69) is 26.9 Å². The monoisotopic (exact) mass is 425 g/mol. The number of nitrogens with zero attached hydrogens (tertiary/aromatic N) is 5. The van der Waals surface area contributed by atoms with Crippen molar-refractivity contribution in [3.63, 3.8) is 0 Å². The van der Waals surface area contributed by atoms with Crippen molar-refractivity contribution in [2.24, 2.45) is 12.0 Å². The van der Waals surface area contributed by atoms with Gasteiger partial charge in [-0.1, -0.05) is 18.2 Å². The molecule has 1 aromatic carbocycles. The molecule has 4 rings (SSSR count). The molecule has 0 aliphatic carbocycles. The van der Waals surface area contributed by atoms with Gasteiger partial charge in [0.15, 0.2) is 11.8 Å². The largest absolute Gasteiger partial charge is 0.493 e. The smallest absolute Gasteiger partial charge is 0.222 e. The average Bonchev–Trinajstić information content (AvgIpc) is 3.34. The van der Waals surface area contributed by atoms with Crippen molar-refractivity contribution in [1.29, 1.82) is 0 Å². The summed E-state index contributed by atoms with van der Waals surface area (Å²) in [5, 5.41) is 15.3. The number of para-hydroxylation sites is 1. The lowest BCUT2D eigenvalue weighted by Gasteiger charge is -2.28. The highest BCUT2D eigenvalue weighted by atomic mass is 16.5. The van der Waals surface area contributed by atoms with E-state index in [0.717, 1.165) is 67.8 Å². The van der Waals surface area contributed by atoms with E-state index in [1.165, 1.54) is 0 Å². The number of guanidine groups is 1. The molecule has 0 spiro atoms. The minimum atomic E-state index is 0.123. The van der Waals surface area contributed by atoms with E-state index < -0.39 is 0 Å². The quantitative estimate of drug-likeness (QED) is 0.398. The Bertz CT molecular complexity index is 940. The number of carbonyl (C=O) groups is 1. The van der Waals surface area contributed by atoms with Crippen molar-refractivity contribution in [2.45, 2.75) is 45.2 Å². The summed E-state index contributed by atoms with van der Waals surface area (Å²) < 4.78 is 7.74. The van der Waals surface area contributed by atoms with Gasteiger partial charge in [0.2, 0.25) is 5.91 Å². The summed E-state index contributed by atoms with van der Waals surface area (Å²) in [5.74, 6) is 3.59. The molecule has 1 saturated heterocycles. The van der Waals surface area contributed by atoms with Crippen molar-refractivity contribution >= 4 is 11.9 Å². The Labute approximate surface area is 182 Å². The number of benzene rings is 1. The Hall–Kier alpha value is -3.10. The van der Waals surface area contributed by atoms with Gasteiger partial charge in [-0.3, -0.25) is 4.79 Å². The third-order valence-corrected chi connectivity index (χ3v) is 5.90. The Balaban J connectivity index is 1.41. The number of rotatable bonds is 7. The molecule has 0 radical (unpaired) electrons. The molecule has 1 atom stereocenters. The molecule has 2 aliphatic rings. The maximum atomic E-state index is 11.8. The molecule has 1 amide bonds. The van der Waals surface area contributed by atoms with E-state index in [-0.39, 0.29) is 11.9 Å². The molecule has 166 valence electrons. The van der Waals surface area contributed by atoms with Gasteiger partial charge in [-0.2, -0.15) is 0 Å². The summed E-state index contributed by atoms with van der Waals surface area (Å²) in [6.45, 7) is 5.42. The third-order valence-electron chi connectivity index (χ3n) is 5.90. The van der Waals surface area contributed by atoms with Gasteiger partial charge < -0.3 is 24.8 Å². The molecule has 1 fully saturated rings. The summed E-state index contributed by atoms with van der Waals surface area (Å²) in [7, 11) is 1.95. The maximum absolute atomic E-state index is 11.8. The van der Waals surface area contributed by atoms with Crippen LogP contribution in [0, 0.1) is 6.92 Å². The summed E-state index contributed by atoms with van der Waals surface area (Å²) >= 11 is 0. The fourth-order valence-electron chi connectivity index (χ4n) is 3.97. The van der Waals surface area contributed by atoms with Crippen LogP contribution >= 0.6 is 0 Å². The molecule has 2 N–H and O–H groups in total. The van der Waals surface area contributed by atoms with Crippen LogP contribution in [0.25, 0.3) is 0 Å². The van der Waals surface area contributed by atoms with Gasteiger partial charge in [-0.05, 0) is 25.8 Å². The van der Waals surface area contributed by atoms with Gasteiger partial charge in [0, 0.05) is 45.1 Å². The second-order valence-electron chi connectivity index (χ2n) is 8.02. The zero-order chi connectivity index (χ0) is 21.6. The number of amides is 1. The van der Waals surface area contributed by atoms with Crippen LogP contribution in [0.3, 0.4) is 0 Å². The normalized spacial score (nSPS) is 18.6. The van der Waals surface area contributed by atoms with Crippen LogP contribution in [-0.2, 0) is 18.4 Å². The first-order valence-corrected chi connectivity index (χ1v) is 11.0. The highest BCUT2D eigenvalue weighted by molar-refractivity contribution is 5.80. The van der Waals surface area contributed by atoms with Crippen LogP contribution in [0.4, 0.5) is 0 Å². The van der Waals surface area contributed by atoms with E-state index in [1.54, 1.807) is 0 Å². The van der Waals surface area contributed by atoms with Crippen LogP contribution in [0.1, 0.15) is 48.9 Å². The summed E-state index contributed by atoms with van der Waals surface area (Å²) in [5.41, 5.74) is 1.14. The van der Waals surface area contributed by atoms with Gasteiger partial charge in [0.1, 0.15) is 18.1 Å². The first-order valence-electron chi connectivity index (χ1n) is 11.0. The van der Waals surface area contributed by atoms with Crippen molar-refractivity contribution in [3.8, 4) is 5.75 Å². The number of fused-ring (bicyclic) bond motifs is 1. The van der Waals surface area contributed by atoms with Crippen molar-refractivity contribution in [3.05, 3.63) is 41.5 Å². The first kappa shape index (κ1) is 21.1. The first-order chi connectivity index (χ1) is 15.1. The Morgan fingerprint density at radius 3 is 2.97 bits per heavy atom. The van der Waals surface area contributed by atoms with Crippen LogP contribution in [-0.4, -0.2) is 57.8 Å². The van der Waals surface area contributed by atoms with E-state index in [0.29, 0.717) is 19.6 Å². The van der Waals surface area contributed by atoms with E-state index >= 15 is 0 Å². The second kappa shape index (κ2) is 9.80. The Kier molecular flexibility index (Phi) is 6.69. The molecule has 0 saturated carbocycles. The van der Waals surface area contributed by atoms with Crippen LogP contribution in [0.5, 0.6) is 5.75 Å². The molecule has 1 unspecified atom stereocenters. The zero-order valence-corrected chi connectivity index (χ0v) is 18.3. The molecule has 9 heteroatoms. The van der Waals surface area contributed by atoms with E-state index in [9.17, 15) is 4.79 Å². The molecule has 0 bridgehead atoms. The van der Waals surface area contributed by atoms with Gasteiger partial charge in [0.25, 0.3) is 0 Å². The molecule has 2 aromatic rings. The minimum Gasteiger partial charge on any atom is -0.493 e. The van der Waals surface area contributed by atoms with E-state index in [1.807, 2.05) is 41.6 Å². The topological polar surface area (TPSA) is 96.7 Å². The van der Waals surface area contributed by atoms with Crippen molar-refractivity contribution < 1.29 is 9.53 Å². The number of hydrogen-bond donors (Lipinski definition) is 2. The molecule has 3 heterocycles. The Morgan fingerprint density at radius 1 is 1.32 bits per heavy atom. The van der Waals surface area contributed by atoms with Gasteiger partial charge in [-0.25, -0.2) is 4.99 Å². The lowest BCUT2D eigenvalue weighted by atomic mass is 10.0. The van der Waals surface area contributed by atoms with Gasteiger partial charge in [-0.15, -0.1) is 10.2 Å². The highest BCUT2D eigenvalue weighted by Gasteiger charge is 2.22. The second-order valence-corrected chi connectivity index (χ2v) is 8.02. The molecule has 2 aliphatic heterocycles. The third kappa shape index (κ3) is 5.15. The number of aliphatic imine (C=N–C) groups is 1. The molecule has 9 nitrogen and oxygen atoms in total. The Morgan fingerprint density at radius 2 is 2.19 bits per heavy atom. The van der Waals surface area contributed by atoms with Crippen molar-refractivity contribution in [2.75, 3.05) is 26.2 Å². The highest BCUT2D eigenvalue weighted by Crippen LogP contribution is 2.31. The number of nitrogens with one attached hydrogen (secondary N) is 2. The lowest BCUT2D eigenvalue weighted by Crippen LogP contribution is -2.42. The summed E-state index contributed by atoms with van der Waals surface area (Å²) in [6, 6.07) is 8.24. The molecule has 31 heavy (non-hydrogen) atoms. The minimum absolute atomic E-state index is 0.123.